The van der Waals surface area contributed by atoms with E-state index in [2.05, 4.69) is 4.98 Å². The number of carboxylic acid groups (broad SMARTS) is 1. The van der Waals surface area contributed by atoms with Gasteiger partial charge >= 0.3 is 18.9 Å². The third-order valence-corrected chi connectivity index (χ3v) is 3.04. The van der Waals surface area contributed by atoms with E-state index in [0.29, 0.717) is 15.8 Å². The summed E-state index contributed by atoms with van der Waals surface area (Å²) in [5.74, 6) is -1.21. The van der Waals surface area contributed by atoms with E-state index in [0.717, 1.165) is 11.3 Å². The van der Waals surface area contributed by atoms with Crippen LogP contribution in [0.25, 0.3) is 10.2 Å². The number of aromatic carboxylic acids is 1. The smallest absolute Gasteiger partial charge is 0.544 e. The normalized spacial score (nSPS) is 9.93. The van der Waals surface area contributed by atoms with Crippen molar-refractivity contribution in [2.24, 2.45) is 0 Å². The molecule has 0 fully saturated rings. The van der Waals surface area contributed by atoms with Crippen molar-refractivity contribution in [1.29, 1.82) is 0 Å². The first-order chi connectivity index (χ1) is 6.72. The molecule has 0 aromatic carbocycles. The third kappa shape index (κ3) is 2.21. The van der Waals surface area contributed by atoms with E-state index >= 15 is 0 Å². The van der Waals surface area contributed by atoms with Gasteiger partial charge in [-0.3, -0.25) is 4.98 Å². The first-order valence-electron chi connectivity index (χ1n) is 3.92. The summed E-state index contributed by atoms with van der Waals surface area (Å²) >= 11 is 1.07. The summed E-state index contributed by atoms with van der Waals surface area (Å²) in [5, 5.41) is 19.6. The molecule has 0 saturated carbocycles. The maximum absolute atomic E-state index is 10.6. The molecule has 0 aliphatic heterocycles. The van der Waals surface area contributed by atoms with Crippen LogP contribution in [0.3, 0.4) is 0 Å². The minimum Gasteiger partial charge on any atom is -0.544 e. The van der Waals surface area contributed by atoms with E-state index in [-0.39, 0.29) is 30.3 Å². The van der Waals surface area contributed by atoms with Crippen LogP contribution in [0.4, 0.5) is 0 Å². The predicted molar refractivity (Wildman–Crippen MR) is 49.9 cm³/mol. The van der Waals surface area contributed by atoms with Crippen LogP contribution in [0.15, 0.2) is 18.3 Å². The molecule has 0 radical (unpaired) electrons. The van der Waals surface area contributed by atoms with Gasteiger partial charge in [0.05, 0.1) is 27.7 Å². The van der Waals surface area contributed by atoms with Crippen molar-refractivity contribution >= 4 is 27.5 Å². The molecule has 0 bridgehead atoms. The second-order valence-corrected chi connectivity index (χ2v) is 3.79. The Balaban J connectivity index is 0.00000112. The van der Waals surface area contributed by atoms with E-state index in [1.807, 2.05) is 0 Å². The zero-order valence-electron chi connectivity index (χ0n) is 8.06. The Bertz CT molecular complexity index is 497. The van der Waals surface area contributed by atoms with Gasteiger partial charge in [-0.25, -0.2) is 0 Å². The molecule has 0 amide bonds. The molecule has 0 unspecified atom stereocenters. The van der Waals surface area contributed by atoms with Gasteiger partial charge in [0.25, 0.3) is 0 Å². The molecule has 2 heterocycles. The van der Waals surface area contributed by atoms with E-state index < -0.39 is 5.97 Å². The average molecular weight is 215 g/mol. The minimum atomic E-state index is -1.21. The van der Waals surface area contributed by atoms with Crippen LogP contribution in [0, 0.1) is 0 Å². The fourth-order valence-electron chi connectivity index (χ4n) is 1.22. The second-order valence-electron chi connectivity index (χ2n) is 2.74. The Morgan fingerprint density at radius 2 is 2.33 bits per heavy atom. The van der Waals surface area contributed by atoms with Gasteiger partial charge in [-0.15, -0.1) is 11.3 Å². The van der Waals surface area contributed by atoms with Crippen molar-refractivity contribution in [3.05, 3.63) is 28.8 Å². The van der Waals surface area contributed by atoms with E-state index in [9.17, 15) is 9.90 Å². The van der Waals surface area contributed by atoms with Crippen LogP contribution in [0.1, 0.15) is 15.2 Å². The van der Waals surface area contributed by atoms with Crippen LogP contribution >= 0.6 is 11.3 Å². The van der Waals surface area contributed by atoms with Crippen molar-refractivity contribution in [3.8, 4) is 0 Å². The van der Waals surface area contributed by atoms with Gasteiger partial charge in [0, 0.05) is 6.20 Å². The van der Waals surface area contributed by atoms with Crippen LogP contribution in [-0.4, -0.2) is 16.1 Å². The quantitative estimate of drug-likeness (QED) is 0.547. The molecular weight excluding hydrogens is 209 g/mol. The maximum atomic E-state index is 10.6. The maximum Gasteiger partial charge on any atom is 1.00 e. The molecule has 4 nitrogen and oxygen atoms in total. The number of carboxylic acids is 1. The number of hydrogen-bond acceptors (Lipinski definition) is 5. The number of aromatic nitrogens is 1. The van der Waals surface area contributed by atoms with E-state index in [1.54, 1.807) is 12.3 Å². The van der Waals surface area contributed by atoms with E-state index in [1.165, 1.54) is 6.07 Å². The summed E-state index contributed by atoms with van der Waals surface area (Å²) < 4.78 is 0.703. The van der Waals surface area contributed by atoms with Gasteiger partial charge < -0.3 is 15.0 Å². The van der Waals surface area contributed by atoms with Crippen LogP contribution < -0.4 is 24.0 Å². The topological polar surface area (TPSA) is 73.2 Å². The first kappa shape index (κ1) is 12.2. The molecule has 72 valence electrons. The van der Waals surface area contributed by atoms with Gasteiger partial charge in [0.15, 0.2) is 0 Å². The Morgan fingerprint density at radius 3 is 2.93 bits per heavy atom. The summed E-state index contributed by atoms with van der Waals surface area (Å²) in [6.07, 6.45) is 1.54. The molecule has 1 N–H and O–H groups in total. The molecule has 0 spiro atoms. The summed E-state index contributed by atoms with van der Waals surface area (Å²) in [6.45, 7) is -0.119. The van der Waals surface area contributed by atoms with E-state index in [4.69, 9.17) is 5.11 Å². The summed E-state index contributed by atoms with van der Waals surface area (Å²) in [4.78, 5) is 14.7. The number of carbonyl (C=O) groups is 1. The van der Waals surface area contributed by atoms with Crippen LogP contribution in [0.2, 0.25) is 0 Å². The zero-order valence-corrected chi connectivity index (χ0v) is 8.87. The van der Waals surface area contributed by atoms with Gasteiger partial charge in [-0.2, -0.15) is 0 Å². The molecule has 2 aromatic rings. The molecule has 0 atom stereocenters. The zero-order chi connectivity index (χ0) is 10.1. The molecular formula is C9H6LiNO3S. The number of hydrogen-bond donors (Lipinski definition) is 1. The van der Waals surface area contributed by atoms with Crippen molar-refractivity contribution in [1.82, 2.24) is 4.98 Å². The van der Waals surface area contributed by atoms with Crippen molar-refractivity contribution in [2.45, 2.75) is 6.61 Å². The first-order valence-corrected chi connectivity index (χ1v) is 4.73. The number of aliphatic hydroxyl groups is 1. The summed E-state index contributed by atoms with van der Waals surface area (Å²) in [6, 6.07) is 3.12. The van der Waals surface area contributed by atoms with Crippen molar-refractivity contribution in [3.63, 3.8) is 0 Å². The number of rotatable bonds is 2. The Labute approximate surface area is 102 Å². The molecule has 0 saturated heterocycles. The SMILES string of the molecule is O=C([O-])c1cc2nccc(CO)c2s1.[Li+]. The fraction of sp³-hybridized carbons (Fsp3) is 0.111. The van der Waals surface area contributed by atoms with Crippen molar-refractivity contribution in [2.75, 3.05) is 0 Å². The number of fused-ring (bicyclic) bond motifs is 1. The standard InChI is InChI=1S/C9H7NO3S.Li/c11-4-5-1-2-10-6-3-7(9(12)13)14-8(5)6;/h1-3,11H,4H2,(H,12,13);/q;+1/p-1. The summed E-state index contributed by atoms with van der Waals surface area (Å²) in [5.41, 5.74) is 1.27. The number of nitrogens with zero attached hydrogens (tertiary/aromatic N) is 1. The third-order valence-electron chi connectivity index (χ3n) is 1.86. The number of aliphatic hydroxyl groups excluding tert-OH is 1. The largest absolute Gasteiger partial charge is 1.00 e. The van der Waals surface area contributed by atoms with Crippen molar-refractivity contribution < 1.29 is 33.9 Å². The molecule has 6 heteroatoms. The Morgan fingerprint density at radius 1 is 1.60 bits per heavy atom. The van der Waals surface area contributed by atoms with Gasteiger partial charge in [-0.1, -0.05) is 0 Å². The second kappa shape index (κ2) is 4.77. The Kier molecular flexibility index (Phi) is 3.88. The van der Waals surface area contributed by atoms with Crippen LogP contribution in [-0.2, 0) is 6.61 Å². The predicted octanol–water partition coefficient (Wildman–Crippen LogP) is -2.84. The van der Waals surface area contributed by atoms with Crippen LogP contribution in [0.5, 0.6) is 0 Å². The molecule has 15 heavy (non-hydrogen) atoms. The monoisotopic (exact) mass is 215 g/mol. The molecule has 2 rings (SSSR count). The average Bonchev–Trinajstić information content (AvgIpc) is 2.60. The summed E-state index contributed by atoms with van der Waals surface area (Å²) in [7, 11) is 0. The van der Waals surface area contributed by atoms with Gasteiger partial charge in [0.2, 0.25) is 0 Å². The minimum absolute atomic E-state index is 0. The molecule has 0 aliphatic carbocycles. The fourth-order valence-corrected chi connectivity index (χ4v) is 2.17. The number of pyridine rings is 1. The van der Waals surface area contributed by atoms with Gasteiger partial charge in [0.1, 0.15) is 0 Å². The number of thiophene rings is 1. The molecule has 0 aliphatic rings. The molecule has 2 aromatic heterocycles. The number of carbonyl (C=O) groups excluding carboxylic acids is 1. The Hall–Kier alpha value is -0.863. The van der Waals surface area contributed by atoms with Gasteiger partial charge in [-0.05, 0) is 17.7 Å².